The van der Waals surface area contributed by atoms with Gasteiger partial charge in [-0.3, -0.25) is 14.5 Å². The van der Waals surface area contributed by atoms with Crippen LogP contribution in [0.1, 0.15) is 34.1 Å². The molecule has 0 aliphatic heterocycles. The maximum absolute atomic E-state index is 11.1. The van der Waals surface area contributed by atoms with Crippen molar-refractivity contribution in [3.63, 3.8) is 0 Å². The van der Waals surface area contributed by atoms with Crippen LogP contribution in [-0.4, -0.2) is 93.3 Å². The number of rotatable bonds is 12. The van der Waals surface area contributed by atoms with E-state index in [-0.39, 0.29) is 11.7 Å². The molecular weight excluding hydrogens is 292 g/mol. The van der Waals surface area contributed by atoms with Gasteiger partial charge in [-0.25, -0.2) is 0 Å². The van der Waals surface area contributed by atoms with Crippen LogP contribution in [0.4, 0.5) is 0 Å². The molecule has 6 nitrogen and oxygen atoms in total. The smallest absolute Gasteiger partial charge is 0.219 e. The summed E-state index contributed by atoms with van der Waals surface area (Å²) >= 11 is 0. The number of likely N-dealkylation sites (N-methyl/N-ethyl adjacent to an activating group) is 3. The summed E-state index contributed by atoms with van der Waals surface area (Å²) in [5.41, 5.74) is 0. The van der Waals surface area contributed by atoms with E-state index in [1.165, 1.54) is 0 Å². The second kappa shape index (κ2) is 15.9. The van der Waals surface area contributed by atoms with Crippen LogP contribution in [0.5, 0.6) is 0 Å². The molecule has 0 aliphatic carbocycles. The molecule has 138 valence electrons. The third kappa shape index (κ3) is 17.2. The number of nitrogens with one attached hydrogen (secondary N) is 1. The number of hydrogen-bond donors (Lipinski definition) is 1. The first-order valence-corrected chi connectivity index (χ1v) is 8.67. The Kier molecular flexibility index (Phi) is 16.8. The standard InChI is InChI=1S/C15H32N4O2.C2H6/c1-6-15(21)16-7-8-17(3)9-10-18(4)11-12-19(5)13-14(2)20;1-2/h6-13H2,1-5H3,(H,16,21);1-2H3. The molecule has 0 fully saturated rings. The summed E-state index contributed by atoms with van der Waals surface area (Å²) in [7, 11) is 6.12. The lowest BCUT2D eigenvalue weighted by Crippen LogP contribution is -2.39. The summed E-state index contributed by atoms with van der Waals surface area (Å²) in [6.07, 6.45) is 0.542. The van der Waals surface area contributed by atoms with Crippen LogP contribution in [0.2, 0.25) is 0 Å². The molecule has 0 unspecified atom stereocenters. The number of Topliss-reactive ketones (excluding diaryl/α,β-unsaturated/α-hetero) is 1. The van der Waals surface area contributed by atoms with Gasteiger partial charge in [0.15, 0.2) is 0 Å². The Morgan fingerprint density at radius 2 is 1.26 bits per heavy atom. The highest BCUT2D eigenvalue weighted by Crippen LogP contribution is 1.90. The van der Waals surface area contributed by atoms with Crippen LogP contribution in [0, 0.1) is 0 Å². The largest absolute Gasteiger partial charge is 0.355 e. The Morgan fingerprint density at radius 1 is 0.826 bits per heavy atom. The minimum atomic E-state index is 0.106. The van der Waals surface area contributed by atoms with Crippen LogP contribution in [-0.2, 0) is 9.59 Å². The highest BCUT2D eigenvalue weighted by atomic mass is 16.1. The van der Waals surface area contributed by atoms with Gasteiger partial charge >= 0.3 is 0 Å². The van der Waals surface area contributed by atoms with E-state index in [0.29, 0.717) is 19.5 Å². The van der Waals surface area contributed by atoms with Crippen LogP contribution in [0.15, 0.2) is 0 Å². The molecule has 0 heterocycles. The first kappa shape index (κ1) is 24.3. The molecule has 0 atom stereocenters. The summed E-state index contributed by atoms with van der Waals surface area (Å²) < 4.78 is 0. The molecule has 1 amide bonds. The fourth-order valence-corrected chi connectivity index (χ4v) is 1.88. The normalized spacial score (nSPS) is 10.7. The van der Waals surface area contributed by atoms with E-state index in [4.69, 9.17) is 0 Å². The summed E-state index contributed by atoms with van der Waals surface area (Å²) in [4.78, 5) is 28.6. The Bertz CT molecular complexity index is 311. The molecule has 0 radical (unpaired) electrons. The predicted octanol–water partition coefficient (Wildman–Crippen LogP) is 0.923. The van der Waals surface area contributed by atoms with Gasteiger partial charge in [0.2, 0.25) is 5.91 Å². The summed E-state index contributed by atoms with van der Waals surface area (Å²) in [5, 5.41) is 2.88. The number of carbonyl (C=O) groups excluding carboxylic acids is 2. The molecule has 0 aromatic rings. The molecule has 0 saturated carbocycles. The summed E-state index contributed by atoms with van der Waals surface area (Å²) in [6, 6.07) is 0. The van der Waals surface area contributed by atoms with Crippen LogP contribution < -0.4 is 5.32 Å². The fraction of sp³-hybridized carbons (Fsp3) is 0.882. The first-order valence-electron chi connectivity index (χ1n) is 8.67. The molecule has 0 spiro atoms. The van der Waals surface area contributed by atoms with Crippen molar-refractivity contribution in [1.29, 1.82) is 0 Å². The van der Waals surface area contributed by atoms with E-state index < -0.39 is 0 Å². The van der Waals surface area contributed by atoms with Crippen molar-refractivity contribution in [2.75, 3.05) is 67.0 Å². The number of amides is 1. The number of ketones is 1. The van der Waals surface area contributed by atoms with E-state index in [1.807, 2.05) is 32.7 Å². The van der Waals surface area contributed by atoms with Crippen molar-refractivity contribution >= 4 is 11.7 Å². The van der Waals surface area contributed by atoms with Crippen LogP contribution in [0.3, 0.4) is 0 Å². The SMILES string of the molecule is CC.CCC(=O)NCCN(C)CCN(C)CCN(C)CC(C)=O. The third-order valence-corrected chi connectivity index (χ3v) is 3.36. The van der Waals surface area contributed by atoms with Crippen molar-refractivity contribution in [2.24, 2.45) is 0 Å². The van der Waals surface area contributed by atoms with Gasteiger partial charge in [0.1, 0.15) is 5.78 Å². The van der Waals surface area contributed by atoms with Gasteiger partial charge in [0.25, 0.3) is 0 Å². The lowest BCUT2D eigenvalue weighted by Gasteiger charge is -2.24. The second-order valence-corrected chi connectivity index (χ2v) is 5.75. The van der Waals surface area contributed by atoms with Crippen LogP contribution >= 0.6 is 0 Å². The lowest BCUT2D eigenvalue weighted by molar-refractivity contribution is -0.121. The zero-order valence-electron chi connectivity index (χ0n) is 16.3. The van der Waals surface area contributed by atoms with E-state index in [9.17, 15) is 9.59 Å². The summed E-state index contributed by atoms with van der Waals surface area (Å²) in [5.74, 6) is 0.308. The van der Waals surface area contributed by atoms with Crippen molar-refractivity contribution in [1.82, 2.24) is 20.0 Å². The van der Waals surface area contributed by atoms with Crippen molar-refractivity contribution in [3.05, 3.63) is 0 Å². The fourth-order valence-electron chi connectivity index (χ4n) is 1.88. The topological polar surface area (TPSA) is 55.9 Å². The van der Waals surface area contributed by atoms with E-state index in [1.54, 1.807) is 6.92 Å². The summed E-state index contributed by atoms with van der Waals surface area (Å²) in [6.45, 7) is 13.4. The minimum Gasteiger partial charge on any atom is -0.355 e. The molecule has 1 N–H and O–H groups in total. The number of carbonyl (C=O) groups is 2. The molecule has 23 heavy (non-hydrogen) atoms. The lowest BCUT2D eigenvalue weighted by atomic mass is 10.4. The molecule has 0 rings (SSSR count). The molecule has 0 aliphatic rings. The van der Waals surface area contributed by atoms with Gasteiger partial charge in [0.05, 0.1) is 6.54 Å². The Labute approximate surface area is 143 Å². The zero-order chi connectivity index (χ0) is 18.3. The molecular formula is C17H38N4O2. The molecule has 0 aromatic heterocycles. The monoisotopic (exact) mass is 330 g/mol. The van der Waals surface area contributed by atoms with E-state index in [2.05, 4.69) is 29.2 Å². The Balaban J connectivity index is 0. The Morgan fingerprint density at radius 3 is 1.70 bits per heavy atom. The van der Waals surface area contributed by atoms with Crippen molar-refractivity contribution in [3.8, 4) is 0 Å². The van der Waals surface area contributed by atoms with Gasteiger partial charge in [-0.05, 0) is 28.1 Å². The third-order valence-electron chi connectivity index (χ3n) is 3.36. The first-order chi connectivity index (χ1) is 10.8. The number of hydrogen-bond acceptors (Lipinski definition) is 5. The average Bonchev–Trinajstić information content (AvgIpc) is 2.52. The Hall–Kier alpha value is -0.980. The molecule has 0 aromatic carbocycles. The number of nitrogens with zero attached hydrogens (tertiary/aromatic N) is 3. The minimum absolute atomic E-state index is 0.106. The van der Waals surface area contributed by atoms with Crippen molar-refractivity contribution in [2.45, 2.75) is 34.1 Å². The van der Waals surface area contributed by atoms with Crippen LogP contribution in [0.25, 0.3) is 0 Å². The average molecular weight is 331 g/mol. The van der Waals surface area contributed by atoms with Gasteiger partial charge in [-0.2, -0.15) is 0 Å². The van der Waals surface area contributed by atoms with E-state index in [0.717, 1.165) is 32.7 Å². The highest BCUT2D eigenvalue weighted by Gasteiger charge is 2.06. The maximum Gasteiger partial charge on any atom is 0.219 e. The highest BCUT2D eigenvalue weighted by molar-refractivity contribution is 5.77. The van der Waals surface area contributed by atoms with Gasteiger partial charge in [0, 0.05) is 45.7 Å². The van der Waals surface area contributed by atoms with Gasteiger partial charge in [-0.1, -0.05) is 20.8 Å². The van der Waals surface area contributed by atoms with Crippen molar-refractivity contribution < 1.29 is 9.59 Å². The quantitative estimate of drug-likeness (QED) is 0.577. The molecule has 0 bridgehead atoms. The second-order valence-electron chi connectivity index (χ2n) is 5.75. The molecule has 0 saturated heterocycles. The maximum atomic E-state index is 11.1. The predicted molar refractivity (Wildman–Crippen MR) is 97.8 cm³/mol. The van der Waals surface area contributed by atoms with E-state index >= 15 is 0 Å². The molecule has 6 heteroatoms. The zero-order valence-corrected chi connectivity index (χ0v) is 16.3. The van der Waals surface area contributed by atoms with Gasteiger partial charge < -0.3 is 15.1 Å². The van der Waals surface area contributed by atoms with Gasteiger partial charge in [-0.15, -0.1) is 0 Å².